The van der Waals surface area contributed by atoms with Crippen LogP contribution >= 0.6 is 0 Å². The first-order valence-corrected chi connectivity index (χ1v) is 6.05. The number of aromatic nitrogens is 1. The third kappa shape index (κ3) is 3.10. The first kappa shape index (κ1) is 13.1. The molecule has 98 valence electrons. The van der Waals surface area contributed by atoms with E-state index in [-0.39, 0.29) is 11.6 Å². The van der Waals surface area contributed by atoms with E-state index >= 15 is 0 Å². The van der Waals surface area contributed by atoms with E-state index in [0.717, 1.165) is 5.56 Å². The quantitative estimate of drug-likeness (QED) is 0.907. The molecular weight excluding hydrogens is 242 g/mol. The van der Waals surface area contributed by atoms with Crippen LogP contribution in [0.15, 0.2) is 34.7 Å². The van der Waals surface area contributed by atoms with Gasteiger partial charge < -0.3 is 9.52 Å². The number of carbonyl (C=O) groups is 1. The molecule has 1 heterocycles. The van der Waals surface area contributed by atoms with Crippen LogP contribution in [0.1, 0.15) is 47.5 Å². The van der Waals surface area contributed by atoms with Crippen LogP contribution in [0.25, 0.3) is 12.2 Å². The summed E-state index contributed by atoms with van der Waals surface area (Å²) in [6.07, 6.45) is 3.51. The summed E-state index contributed by atoms with van der Waals surface area (Å²) in [5.74, 6) is -0.366. The average Bonchev–Trinajstić information content (AvgIpc) is 2.82. The molecule has 0 bridgehead atoms. The highest BCUT2D eigenvalue weighted by molar-refractivity contribution is 5.87. The molecule has 1 aromatic heterocycles. The summed E-state index contributed by atoms with van der Waals surface area (Å²) in [7, 11) is 0. The van der Waals surface area contributed by atoms with Crippen LogP contribution in [0.4, 0.5) is 0 Å². The van der Waals surface area contributed by atoms with Crippen LogP contribution < -0.4 is 0 Å². The minimum atomic E-state index is -1.06. The van der Waals surface area contributed by atoms with E-state index in [1.54, 1.807) is 6.08 Å². The highest BCUT2D eigenvalue weighted by Crippen LogP contribution is 2.22. The van der Waals surface area contributed by atoms with Crippen molar-refractivity contribution in [2.24, 2.45) is 0 Å². The van der Waals surface area contributed by atoms with Gasteiger partial charge in [-0.3, -0.25) is 0 Å². The SMILES string of the molecule is CC(C)c1oc(C=Cc2ccccc2)nc1C(=O)O. The molecule has 0 unspecified atom stereocenters. The van der Waals surface area contributed by atoms with Crippen molar-refractivity contribution in [3.8, 4) is 0 Å². The van der Waals surface area contributed by atoms with Crippen molar-refractivity contribution in [3.63, 3.8) is 0 Å². The number of hydrogen-bond donors (Lipinski definition) is 1. The zero-order valence-corrected chi connectivity index (χ0v) is 10.8. The molecule has 0 aliphatic carbocycles. The van der Waals surface area contributed by atoms with Crippen molar-refractivity contribution >= 4 is 18.1 Å². The Bertz CT molecular complexity index is 597. The molecule has 19 heavy (non-hydrogen) atoms. The normalized spacial score (nSPS) is 11.3. The summed E-state index contributed by atoms with van der Waals surface area (Å²) in [6.45, 7) is 3.75. The molecule has 0 saturated heterocycles. The van der Waals surface area contributed by atoms with Gasteiger partial charge in [-0.25, -0.2) is 9.78 Å². The Kier molecular flexibility index (Phi) is 3.80. The van der Waals surface area contributed by atoms with Gasteiger partial charge in [0, 0.05) is 12.0 Å². The lowest BCUT2D eigenvalue weighted by Crippen LogP contribution is -2.02. The van der Waals surface area contributed by atoms with Crippen molar-refractivity contribution in [1.29, 1.82) is 0 Å². The van der Waals surface area contributed by atoms with Gasteiger partial charge in [0.2, 0.25) is 5.89 Å². The maximum absolute atomic E-state index is 11.1. The van der Waals surface area contributed by atoms with E-state index in [9.17, 15) is 4.79 Å². The van der Waals surface area contributed by atoms with Crippen LogP contribution in [-0.2, 0) is 0 Å². The Hall–Kier alpha value is -2.36. The summed E-state index contributed by atoms with van der Waals surface area (Å²) in [6, 6.07) is 9.68. The summed E-state index contributed by atoms with van der Waals surface area (Å²) < 4.78 is 5.48. The molecule has 0 atom stereocenters. The summed E-state index contributed by atoms with van der Waals surface area (Å²) in [4.78, 5) is 15.1. The first-order chi connectivity index (χ1) is 9.08. The topological polar surface area (TPSA) is 63.3 Å². The maximum Gasteiger partial charge on any atom is 0.358 e. The first-order valence-electron chi connectivity index (χ1n) is 6.05. The van der Waals surface area contributed by atoms with Crippen molar-refractivity contribution in [2.75, 3.05) is 0 Å². The molecule has 2 aromatic rings. The zero-order valence-electron chi connectivity index (χ0n) is 10.8. The smallest absolute Gasteiger partial charge is 0.358 e. The molecule has 0 aliphatic heterocycles. The Labute approximate surface area is 111 Å². The molecule has 4 heteroatoms. The Morgan fingerprint density at radius 3 is 2.47 bits per heavy atom. The molecule has 0 aliphatic rings. The number of aromatic carboxylic acids is 1. The highest BCUT2D eigenvalue weighted by atomic mass is 16.4. The second-order valence-corrected chi connectivity index (χ2v) is 4.47. The van der Waals surface area contributed by atoms with E-state index in [1.165, 1.54) is 0 Å². The Balaban J connectivity index is 2.29. The second kappa shape index (κ2) is 5.52. The predicted octanol–water partition coefficient (Wildman–Crippen LogP) is 3.67. The van der Waals surface area contributed by atoms with Crippen LogP contribution in [0, 0.1) is 0 Å². The third-order valence-corrected chi connectivity index (χ3v) is 2.61. The van der Waals surface area contributed by atoms with E-state index in [4.69, 9.17) is 9.52 Å². The highest BCUT2D eigenvalue weighted by Gasteiger charge is 2.20. The summed E-state index contributed by atoms with van der Waals surface area (Å²) in [5, 5.41) is 9.07. The molecule has 4 nitrogen and oxygen atoms in total. The van der Waals surface area contributed by atoms with Crippen LogP contribution in [0.5, 0.6) is 0 Å². The van der Waals surface area contributed by atoms with Gasteiger partial charge in [-0.05, 0) is 11.6 Å². The van der Waals surface area contributed by atoms with E-state index in [2.05, 4.69) is 4.98 Å². The number of oxazole rings is 1. The summed E-state index contributed by atoms with van der Waals surface area (Å²) >= 11 is 0. The standard InChI is InChI=1S/C15H15NO3/c1-10(2)14-13(15(17)18)16-12(19-14)9-8-11-6-4-3-5-7-11/h3-10H,1-2H3,(H,17,18). The number of rotatable bonds is 4. The van der Waals surface area contributed by atoms with Crippen LogP contribution in [0.2, 0.25) is 0 Å². The van der Waals surface area contributed by atoms with E-state index < -0.39 is 5.97 Å². The van der Waals surface area contributed by atoms with Gasteiger partial charge in [-0.2, -0.15) is 0 Å². The largest absolute Gasteiger partial charge is 0.476 e. The fraction of sp³-hybridized carbons (Fsp3) is 0.200. The van der Waals surface area contributed by atoms with Crippen molar-refractivity contribution in [2.45, 2.75) is 19.8 Å². The number of carboxylic acids is 1. The van der Waals surface area contributed by atoms with Gasteiger partial charge in [0.05, 0.1) is 0 Å². The van der Waals surface area contributed by atoms with E-state index in [1.807, 2.05) is 50.3 Å². The summed E-state index contributed by atoms with van der Waals surface area (Å²) in [5.41, 5.74) is 0.992. The zero-order chi connectivity index (χ0) is 13.8. The molecule has 0 amide bonds. The number of benzene rings is 1. The predicted molar refractivity (Wildman–Crippen MR) is 72.9 cm³/mol. The fourth-order valence-electron chi connectivity index (χ4n) is 1.70. The molecular formula is C15H15NO3. The number of nitrogens with zero attached hydrogens (tertiary/aromatic N) is 1. The molecule has 0 saturated carbocycles. The van der Waals surface area contributed by atoms with Crippen LogP contribution in [-0.4, -0.2) is 16.1 Å². The van der Waals surface area contributed by atoms with Crippen molar-refractivity contribution in [3.05, 3.63) is 53.2 Å². The van der Waals surface area contributed by atoms with Gasteiger partial charge in [0.15, 0.2) is 5.69 Å². The van der Waals surface area contributed by atoms with Gasteiger partial charge >= 0.3 is 5.97 Å². The van der Waals surface area contributed by atoms with Crippen molar-refractivity contribution < 1.29 is 14.3 Å². The van der Waals surface area contributed by atoms with Crippen molar-refractivity contribution in [1.82, 2.24) is 4.98 Å². The number of hydrogen-bond acceptors (Lipinski definition) is 3. The maximum atomic E-state index is 11.1. The van der Waals surface area contributed by atoms with Gasteiger partial charge in [-0.1, -0.05) is 44.2 Å². The Morgan fingerprint density at radius 2 is 1.95 bits per heavy atom. The molecule has 0 fully saturated rings. The van der Waals surface area contributed by atoms with Gasteiger partial charge in [0.25, 0.3) is 0 Å². The lowest BCUT2D eigenvalue weighted by molar-refractivity contribution is 0.0688. The monoisotopic (exact) mass is 257 g/mol. The minimum Gasteiger partial charge on any atom is -0.476 e. The fourth-order valence-corrected chi connectivity index (χ4v) is 1.70. The minimum absolute atomic E-state index is 0.0114. The van der Waals surface area contributed by atoms with Gasteiger partial charge in [-0.15, -0.1) is 0 Å². The van der Waals surface area contributed by atoms with E-state index in [0.29, 0.717) is 11.7 Å². The molecule has 1 aromatic carbocycles. The molecule has 0 radical (unpaired) electrons. The average molecular weight is 257 g/mol. The third-order valence-electron chi connectivity index (χ3n) is 2.61. The van der Waals surface area contributed by atoms with Gasteiger partial charge in [0.1, 0.15) is 5.76 Å². The number of carboxylic acid groups (broad SMARTS) is 1. The Morgan fingerprint density at radius 1 is 1.26 bits per heavy atom. The molecule has 0 spiro atoms. The molecule has 2 rings (SSSR count). The second-order valence-electron chi connectivity index (χ2n) is 4.47. The van der Waals surface area contributed by atoms with Crippen LogP contribution in [0.3, 0.4) is 0 Å². The molecule has 1 N–H and O–H groups in total. The lowest BCUT2D eigenvalue weighted by Gasteiger charge is -1.98. The lowest BCUT2D eigenvalue weighted by atomic mass is 10.1.